The van der Waals surface area contributed by atoms with Gasteiger partial charge in [-0.1, -0.05) is 6.92 Å². The number of anilines is 1. The van der Waals surface area contributed by atoms with E-state index in [1.54, 1.807) is 0 Å². The predicted octanol–water partition coefficient (Wildman–Crippen LogP) is 2.85. The molecule has 1 unspecified atom stereocenters. The highest BCUT2D eigenvalue weighted by atomic mass is 19.4. The average molecular weight is 250 g/mol. The second-order valence-corrected chi connectivity index (χ2v) is 3.91. The molecule has 1 rings (SSSR count). The fraction of sp³-hybridized carbons (Fsp3) is 0.455. The molecule has 1 aromatic rings. The zero-order valence-corrected chi connectivity index (χ0v) is 9.31. The molecule has 0 aliphatic carbocycles. The van der Waals surface area contributed by atoms with Gasteiger partial charge in [-0.15, -0.1) is 0 Å². The summed E-state index contributed by atoms with van der Waals surface area (Å²) in [5.74, 6) is -0.791. The van der Waals surface area contributed by atoms with Gasteiger partial charge in [-0.2, -0.15) is 13.2 Å². The molecule has 96 valence electrons. The summed E-state index contributed by atoms with van der Waals surface area (Å²) in [4.78, 5) is 0. The van der Waals surface area contributed by atoms with Gasteiger partial charge in [-0.25, -0.2) is 4.39 Å². The lowest BCUT2D eigenvalue weighted by Gasteiger charge is -2.13. The Hall–Kier alpha value is -1.30. The predicted molar refractivity (Wildman–Crippen MR) is 58.1 cm³/mol. The van der Waals surface area contributed by atoms with Gasteiger partial charge in [0.05, 0.1) is 11.3 Å². The van der Waals surface area contributed by atoms with E-state index in [2.05, 4.69) is 5.32 Å². The molecule has 6 heteroatoms. The van der Waals surface area contributed by atoms with Crippen molar-refractivity contribution >= 4 is 5.69 Å². The lowest BCUT2D eigenvalue weighted by atomic mass is 10.1. The monoisotopic (exact) mass is 250 g/mol. The summed E-state index contributed by atoms with van der Waals surface area (Å²) < 4.78 is 50.1. The van der Waals surface area contributed by atoms with E-state index in [1.165, 1.54) is 0 Å². The van der Waals surface area contributed by atoms with E-state index in [9.17, 15) is 17.6 Å². The molecule has 0 saturated carbocycles. The van der Waals surface area contributed by atoms with Crippen molar-refractivity contribution < 1.29 is 17.6 Å². The Morgan fingerprint density at radius 1 is 1.35 bits per heavy atom. The van der Waals surface area contributed by atoms with Gasteiger partial charge >= 0.3 is 6.18 Å². The number of rotatable bonds is 4. The summed E-state index contributed by atoms with van der Waals surface area (Å²) in [5.41, 5.74) is 4.43. The summed E-state index contributed by atoms with van der Waals surface area (Å²) in [7, 11) is 0. The minimum Gasteiger partial charge on any atom is -0.382 e. The number of alkyl halides is 3. The van der Waals surface area contributed by atoms with Crippen LogP contribution < -0.4 is 11.1 Å². The molecule has 3 N–H and O–H groups in total. The van der Waals surface area contributed by atoms with E-state index >= 15 is 0 Å². The first kappa shape index (κ1) is 13.8. The Labute approximate surface area is 96.8 Å². The van der Waals surface area contributed by atoms with Crippen molar-refractivity contribution in [1.29, 1.82) is 0 Å². The van der Waals surface area contributed by atoms with E-state index in [1.807, 2.05) is 6.92 Å². The van der Waals surface area contributed by atoms with Crippen LogP contribution in [-0.4, -0.2) is 13.1 Å². The van der Waals surface area contributed by atoms with Crippen molar-refractivity contribution in [3.8, 4) is 0 Å². The highest BCUT2D eigenvalue weighted by molar-refractivity contribution is 5.46. The van der Waals surface area contributed by atoms with E-state index < -0.39 is 17.6 Å². The fourth-order valence-electron chi connectivity index (χ4n) is 1.20. The summed E-state index contributed by atoms with van der Waals surface area (Å²) in [6.45, 7) is 2.70. The third kappa shape index (κ3) is 3.89. The summed E-state index contributed by atoms with van der Waals surface area (Å²) in [5, 5.41) is 2.72. The first-order chi connectivity index (χ1) is 7.84. The van der Waals surface area contributed by atoms with Crippen LogP contribution in [-0.2, 0) is 6.18 Å². The van der Waals surface area contributed by atoms with Gasteiger partial charge < -0.3 is 11.1 Å². The van der Waals surface area contributed by atoms with Crippen LogP contribution in [0, 0.1) is 11.7 Å². The molecule has 0 amide bonds. The molecule has 2 nitrogen and oxygen atoms in total. The topological polar surface area (TPSA) is 38.0 Å². The van der Waals surface area contributed by atoms with Crippen LogP contribution in [0.4, 0.5) is 23.2 Å². The van der Waals surface area contributed by atoms with Gasteiger partial charge in [-0.05, 0) is 30.7 Å². The molecule has 0 aromatic heterocycles. The lowest BCUT2D eigenvalue weighted by Crippen LogP contribution is -2.20. The maximum absolute atomic E-state index is 13.3. The molecule has 0 saturated heterocycles. The van der Waals surface area contributed by atoms with Crippen LogP contribution in [0.3, 0.4) is 0 Å². The molecule has 0 aliphatic heterocycles. The number of nitrogens with one attached hydrogen (secondary N) is 1. The molecular weight excluding hydrogens is 236 g/mol. The molecule has 0 aliphatic rings. The fourth-order valence-corrected chi connectivity index (χ4v) is 1.20. The maximum Gasteiger partial charge on any atom is 0.416 e. The molecule has 0 radical (unpaired) electrons. The van der Waals surface area contributed by atoms with Crippen molar-refractivity contribution in [2.75, 3.05) is 18.4 Å². The number of hydrogen-bond acceptors (Lipinski definition) is 2. The number of halogens is 4. The molecule has 0 bridgehead atoms. The van der Waals surface area contributed by atoms with Gasteiger partial charge in [0.15, 0.2) is 0 Å². The molecular formula is C11H14F4N2. The van der Waals surface area contributed by atoms with Crippen molar-refractivity contribution in [1.82, 2.24) is 0 Å². The molecule has 0 heterocycles. The van der Waals surface area contributed by atoms with Gasteiger partial charge in [-0.3, -0.25) is 0 Å². The first-order valence-electron chi connectivity index (χ1n) is 5.15. The Morgan fingerprint density at radius 3 is 2.47 bits per heavy atom. The summed E-state index contributed by atoms with van der Waals surface area (Å²) in [6.07, 6.45) is -4.52. The molecule has 0 fully saturated rings. The van der Waals surface area contributed by atoms with Gasteiger partial charge in [0.1, 0.15) is 5.82 Å². The Morgan fingerprint density at radius 2 is 2.00 bits per heavy atom. The van der Waals surface area contributed by atoms with Crippen molar-refractivity contribution in [2.45, 2.75) is 13.1 Å². The first-order valence-corrected chi connectivity index (χ1v) is 5.15. The number of hydrogen-bond donors (Lipinski definition) is 2. The Bertz CT molecular complexity index is 376. The smallest absolute Gasteiger partial charge is 0.382 e. The van der Waals surface area contributed by atoms with Crippen LogP contribution in [0.2, 0.25) is 0 Å². The zero-order valence-electron chi connectivity index (χ0n) is 9.31. The molecule has 17 heavy (non-hydrogen) atoms. The minimum absolute atomic E-state index is 0.0540. The Balaban J connectivity index is 2.77. The normalized spacial score (nSPS) is 13.5. The van der Waals surface area contributed by atoms with Crippen LogP contribution in [0.15, 0.2) is 18.2 Å². The lowest BCUT2D eigenvalue weighted by molar-refractivity contribution is -0.137. The zero-order chi connectivity index (χ0) is 13.1. The number of nitrogens with two attached hydrogens (primary N) is 1. The van der Waals surface area contributed by atoms with Crippen LogP contribution >= 0.6 is 0 Å². The molecule has 1 aromatic carbocycles. The molecule has 1 atom stereocenters. The van der Waals surface area contributed by atoms with Crippen LogP contribution in [0.25, 0.3) is 0 Å². The van der Waals surface area contributed by atoms with Gasteiger partial charge in [0, 0.05) is 6.54 Å². The van der Waals surface area contributed by atoms with Gasteiger partial charge in [0.2, 0.25) is 0 Å². The third-order valence-electron chi connectivity index (χ3n) is 2.34. The van der Waals surface area contributed by atoms with E-state index in [0.29, 0.717) is 19.2 Å². The highest BCUT2D eigenvalue weighted by Gasteiger charge is 2.31. The summed E-state index contributed by atoms with van der Waals surface area (Å²) >= 11 is 0. The van der Waals surface area contributed by atoms with E-state index in [0.717, 1.165) is 12.1 Å². The number of benzene rings is 1. The van der Waals surface area contributed by atoms with E-state index in [4.69, 9.17) is 5.73 Å². The van der Waals surface area contributed by atoms with Crippen molar-refractivity contribution in [3.05, 3.63) is 29.6 Å². The highest BCUT2D eigenvalue weighted by Crippen LogP contribution is 2.31. The Kier molecular flexibility index (Phi) is 4.34. The van der Waals surface area contributed by atoms with Crippen LogP contribution in [0.1, 0.15) is 12.5 Å². The van der Waals surface area contributed by atoms with E-state index in [-0.39, 0.29) is 11.6 Å². The van der Waals surface area contributed by atoms with Crippen molar-refractivity contribution in [3.63, 3.8) is 0 Å². The quantitative estimate of drug-likeness (QED) is 0.806. The van der Waals surface area contributed by atoms with Crippen LogP contribution in [0.5, 0.6) is 0 Å². The van der Waals surface area contributed by atoms with Gasteiger partial charge in [0.25, 0.3) is 0 Å². The largest absolute Gasteiger partial charge is 0.416 e. The average Bonchev–Trinajstić information content (AvgIpc) is 2.25. The minimum atomic E-state index is -4.52. The van der Waals surface area contributed by atoms with Crippen molar-refractivity contribution in [2.24, 2.45) is 11.7 Å². The maximum atomic E-state index is 13.3. The standard InChI is InChI=1S/C11H14F4N2/c1-7(5-16)6-17-10-3-2-8(4-9(10)12)11(13,14)15/h2-4,7,17H,5-6,16H2,1H3. The third-order valence-corrected chi connectivity index (χ3v) is 2.34. The summed E-state index contributed by atoms with van der Waals surface area (Å²) in [6, 6.07) is 2.41. The second-order valence-electron chi connectivity index (χ2n) is 3.91. The SMILES string of the molecule is CC(CN)CNc1ccc(C(F)(F)F)cc1F. The second kappa shape index (κ2) is 5.35. The molecule has 0 spiro atoms.